The van der Waals surface area contributed by atoms with Crippen LogP contribution < -0.4 is 5.32 Å². The molecule has 0 heterocycles. The van der Waals surface area contributed by atoms with E-state index < -0.39 is 39.2 Å². The van der Waals surface area contributed by atoms with Gasteiger partial charge in [0.1, 0.15) is 0 Å². The van der Waals surface area contributed by atoms with Gasteiger partial charge in [-0.2, -0.15) is 0 Å². The van der Waals surface area contributed by atoms with Crippen LogP contribution in [0, 0.1) is 17.3 Å². The van der Waals surface area contributed by atoms with Crippen LogP contribution in [-0.2, 0) is 19.6 Å². The second-order valence-electron chi connectivity index (χ2n) is 5.50. The van der Waals surface area contributed by atoms with E-state index in [0.29, 0.717) is 0 Å². The topological polar surface area (TPSA) is 104 Å². The zero-order chi connectivity index (χ0) is 15.0. The SMILES string of the molecule is CN(C)S(=O)(=O)CCNC(=O)C1C(C(=O)O)C1(C)C. The van der Waals surface area contributed by atoms with Gasteiger partial charge in [-0.3, -0.25) is 9.59 Å². The maximum atomic E-state index is 11.8. The molecule has 0 aliphatic heterocycles. The zero-order valence-electron chi connectivity index (χ0n) is 11.5. The first-order chi connectivity index (χ1) is 8.51. The summed E-state index contributed by atoms with van der Waals surface area (Å²) in [6.45, 7) is 3.41. The average molecular weight is 292 g/mol. The zero-order valence-corrected chi connectivity index (χ0v) is 12.3. The van der Waals surface area contributed by atoms with Crippen LogP contribution >= 0.6 is 0 Å². The number of aliphatic carboxylic acids is 1. The van der Waals surface area contributed by atoms with Crippen LogP contribution in [0.5, 0.6) is 0 Å². The third-order valence-corrected chi connectivity index (χ3v) is 5.42. The molecule has 1 aliphatic carbocycles. The summed E-state index contributed by atoms with van der Waals surface area (Å²) in [5.74, 6) is -2.88. The van der Waals surface area contributed by atoms with Gasteiger partial charge in [0, 0.05) is 20.6 Å². The Bertz CT molecular complexity index is 483. The molecule has 110 valence electrons. The lowest BCUT2D eigenvalue weighted by molar-refractivity contribution is -0.140. The van der Waals surface area contributed by atoms with Gasteiger partial charge in [0.05, 0.1) is 17.6 Å². The van der Waals surface area contributed by atoms with E-state index in [9.17, 15) is 18.0 Å². The molecule has 1 aliphatic rings. The molecule has 0 aromatic carbocycles. The maximum Gasteiger partial charge on any atom is 0.307 e. The summed E-state index contributed by atoms with van der Waals surface area (Å²) in [7, 11) is -0.519. The van der Waals surface area contributed by atoms with Crippen molar-refractivity contribution in [2.45, 2.75) is 13.8 Å². The summed E-state index contributed by atoms with van der Waals surface area (Å²) < 4.78 is 24.0. The minimum atomic E-state index is -3.36. The smallest absolute Gasteiger partial charge is 0.307 e. The molecule has 0 spiro atoms. The lowest BCUT2D eigenvalue weighted by Gasteiger charge is -2.11. The van der Waals surface area contributed by atoms with Crippen molar-refractivity contribution in [2.24, 2.45) is 17.3 Å². The molecule has 1 fully saturated rings. The molecular weight excluding hydrogens is 272 g/mol. The van der Waals surface area contributed by atoms with Crippen molar-refractivity contribution >= 4 is 21.9 Å². The molecule has 7 nitrogen and oxygen atoms in total. The summed E-state index contributed by atoms with van der Waals surface area (Å²) in [5.41, 5.74) is -0.573. The predicted molar refractivity (Wildman–Crippen MR) is 68.9 cm³/mol. The number of hydrogen-bond acceptors (Lipinski definition) is 4. The van der Waals surface area contributed by atoms with E-state index in [1.54, 1.807) is 13.8 Å². The van der Waals surface area contributed by atoms with Crippen LogP contribution in [0.1, 0.15) is 13.8 Å². The first-order valence-electron chi connectivity index (χ1n) is 5.92. The quantitative estimate of drug-likeness (QED) is 0.677. The van der Waals surface area contributed by atoms with Gasteiger partial charge < -0.3 is 10.4 Å². The molecule has 19 heavy (non-hydrogen) atoms. The Labute approximate surface area is 113 Å². The molecule has 0 aromatic heterocycles. The van der Waals surface area contributed by atoms with E-state index in [4.69, 9.17) is 5.11 Å². The highest BCUT2D eigenvalue weighted by molar-refractivity contribution is 7.89. The number of rotatable bonds is 6. The molecule has 1 rings (SSSR count). The molecule has 2 unspecified atom stereocenters. The van der Waals surface area contributed by atoms with E-state index in [1.165, 1.54) is 14.1 Å². The van der Waals surface area contributed by atoms with Crippen LogP contribution in [0.3, 0.4) is 0 Å². The number of hydrogen-bond donors (Lipinski definition) is 2. The summed E-state index contributed by atoms with van der Waals surface area (Å²) in [5, 5.41) is 11.4. The lowest BCUT2D eigenvalue weighted by atomic mass is 10.1. The van der Waals surface area contributed by atoms with Gasteiger partial charge in [-0.15, -0.1) is 0 Å². The Morgan fingerprint density at radius 1 is 1.26 bits per heavy atom. The fourth-order valence-corrected chi connectivity index (χ4v) is 2.91. The van der Waals surface area contributed by atoms with Crippen LogP contribution in [0.2, 0.25) is 0 Å². The predicted octanol–water partition coefficient (Wildman–Crippen LogP) is -0.649. The normalized spacial score (nSPS) is 25.1. The van der Waals surface area contributed by atoms with Crippen molar-refractivity contribution < 1.29 is 23.1 Å². The van der Waals surface area contributed by atoms with Gasteiger partial charge in [0.25, 0.3) is 0 Å². The van der Waals surface area contributed by atoms with Crippen molar-refractivity contribution in [2.75, 3.05) is 26.4 Å². The molecule has 2 N–H and O–H groups in total. The van der Waals surface area contributed by atoms with E-state index in [2.05, 4.69) is 5.32 Å². The fraction of sp³-hybridized carbons (Fsp3) is 0.818. The van der Waals surface area contributed by atoms with E-state index >= 15 is 0 Å². The minimum Gasteiger partial charge on any atom is -0.481 e. The highest BCUT2D eigenvalue weighted by Crippen LogP contribution is 2.58. The van der Waals surface area contributed by atoms with E-state index in [0.717, 1.165) is 4.31 Å². The number of carboxylic acids is 1. The van der Waals surface area contributed by atoms with Crippen LogP contribution in [0.25, 0.3) is 0 Å². The van der Waals surface area contributed by atoms with Crippen LogP contribution in [-0.4, -0.2) is 56.1 Å². The number of carbonyl (C=O) groups is 2. The third kappa shape index (κ3) is 3.24. The Morgan fingerprint density at radius 3 is 2.16 bits per heavy atom. The third-order valence-electron chi connectivity index (χ3n) is 3.59. The number of nitrogens with one attached hydrogen (secondary N) is 1. The minimum absolute atomic E-state index is 0.0156. The highest BCUT2D eigenvalue weighted by atomic mass is 32.2. The monoisotopic (exact) mass is 292 g/mol. The summed E-state index contributed by atoms with van der Waals surface area (Å²) >= 11 is 0. The summed E-state index contributed by atoms with van der Waals surface area (Å²) in [6, 6.07) is 0. The van der Waals surface area contributed by atoms with Crippen LogP contribution in [0.15, 0.2) is 0 Å². The standard InChI is InChI=1S/C11H20N2O5S/c1-11(2)7(8(11)10(15)16)9(14)12-5-6-19(17,18)13(3)4/h7-8H,5-6H2,1-4H3,(H,12,14)(H,15,16). The van der Waals surface area contributed by atoms with Gasteiger partial charge in [0.2, 0.25) is 15.9 Å². The molecule has 0 saturated heterocycles. The van der Waals surface area contributed by atoms with Crippen molar-refractivity contribution in [3.05, 3.63) is 0 Å². The molecule has 8 heteroatoms. The molecule has 1 amide bonds. The first kappa shape index (κ1) is 15.9. The lowest BCUT2D eigenvalue weighted by Crippen LogP contribution is -2.35. The summed E-state index contributed by atoms with van der Waals surface area (Å²) in [6.07, 6.45) is 0. The number of carboxylic acid groups (broad SMARTS) is 1. The Hall–Kier alpha value is -1.15. The number of nitrogens with zero attached hydrogens (tertiary/aromatic N) is 1. The van der Waals surface area contributed by atoms with Gasteiger partial charge in [-0.05, 0) is 5.41 Å². The molecule has 0 aromatic rings. The van der Waals surface area contributed by atoms with Gasteiger partial charge in [0.15, 0.2) is 0 Å². The molecule has 1 saturated carbocycles. The first-order valence-corrected chi connectivity index (χ1v) is 7.53. The van der Waals surface area contributed by atoms with Gasteiger partial charge in [-0.1, -0.05) is 13.8 Å². The van der Waals surface area contributed by atoms with E-state index in [1.807, 2.05) is 0 Å². The Kier molecular flexibility index (Phi) is 4.26. The fourth-order valence-electron chi connectivity index (χ4n) is 2.18. The molecular formula is C11H20N2O5S. The van der Waals surface area contributed by atoms with E-state index in [-0.39, 0.29) is 12.3 Å². The van der Waals surface area contributed by atoms with Crippen molar-refractivity contribution in [1.82, 2.24) is 9.62 Å². The summed E-state index contributed by atoms with van der Waals surface area (Å²) in [4.78, 5) is 22.7. The van der Waals surface area contributed by atoms with Crippen LogP contribution in [0.4, 0.5) is 0 Å². The molecule has 0 bridgehead atoms. The van der Waals surface area contributed by atoms with Crippen molar-refractivity contribution in [1.29, 1.82) is 0 Å². The average Bonchev–Trinajstić information content (AvgIpc) is 2.81. The maximum absolute atomic E-state index is 11.8. The second-order valence-corrected chi connectivity index (χ2v) is 7.81. The Balaban J connectivity index is 2.49. The number of amides is 1. The van der Waals surface area contributed by atoms with Crippen molar-refractivity contribution in [3.8, 4) is 0 Å². The molecule has 0 radical (unpaired) electrons. The van der Waals surface area contributed by atoms with Gasteiger partial charge in [-0.25, -0.2) is 12.7 Å². The second kappa shape index (κ2) is 5.09. The van der Waals surface area contributed by atoms with Crippen molar-refractivity contribution in [3.63, 3.8) is 0 Å². The Morgan fingerprint density at radius 2 is 1.79 bits per heavy atom. The van der Waals surface area contributed by atoms with Gasteiger partial charge >= 0.3 is 5.97 Å². The molecule has 2 atom stereocenters. The number of sulfonamides is 1. The largest absolute Gasteiger partial charge is 0.481 e. The highest BCUT2D eigenvalue weighted by Gasteiger charge is 2.65. The number of carbonyl (C=O) groups excluding carboxylic acids is 1.